The first-order valence-electron chi connectivity index (χ1n) is 6.12. The zero-order valence-electron chi connectivity index (χ0n) is 11.3. The molecule has 1 aliphatic heterocycles. The molecule has 0 aliphatic carbocycles. The van der Waals surface area contributed by atoms with Crippen molar-refractivity contribution in [3.63, 3.8) is 0 Å². The number of anilines is 1. The van der Waals surface area contributed by atoms with Gasteiger partial charge in [0.15, 0.2) is 6.10 Å². The highest BCUT2D eigenvalue weighted by Gasteiger charge is 2.24. The summed E-state index contributed by atoms with van der Waals surface area (Å²) in [4.78, 5) is 11.9. The number of hydrogen-bond donors (Lipinski definition) is 2. The molecular weight excluding hydrogens is 320 g/mol. The van der Waals surface area contributed by atoms with Crippen LogP contribution in [0.2, 0.25) is 5.02 Å². The molecule has 1 heterocycles. The summed E-state index contributed by atoms with van der Waals surface area (Å²) >= 11 is 6.02. The van der Waals surface area contributed by atoms with Gasteiger partial charge in [-0.15, -0.1) is 0 Å². The zero-order chi connectivity index (χ0) is 15.6. The van der Waals surface area contributed by atoms with Crippen LogP contribution in [0.1, 0.15) is 5.56 Å². The fraction of sp³-hybridized carbons (Fsp3) is 0.417. The van der Waals surface area contributed by atoms with Crippen molar-refractivity contribution < 1.29 is 22.7 Å². The van der Waals surface area contributed by atoms with Crippen LogP contribution < -0.4 is 10.5 Å². The summed E-state index contributed by atoms with van der Waals surface area (Å²) in [5, 5.41) is 7.75. The molecule has 3 N–H and O–H groups in total. The average molecular weight is 335 g/mol. The minimum Gasteiger partial charge on any atom is -0.376 e. The highest BCUT2D eigenvalue weighted by atomic mass is 35.5. The van der Waals surface area contributed by atoms with Crippen LogP contribution in [0, 0.1) is 6.92 Å². The van der Waals surface area contributed by atoms with Crippen molar-refractivity contribution in [2.45, 2.75) is 17.9 Å². The largest absolute Gasteiger partial charge is 0.376 e. The molecule has 0 radical (unpaired) electrons. The topological polar surface area (TPSA) is 108 Å². The molecule has 1 amide bonds. The van der Waals surface area contributed by atoms with Gasteiger partial charge in [0.05, 0.1) is 35.4 Å². The number of carbonyl (C=O) groups is 1. The van der Waals surface area contributed by atoms with E-state index in [0.29, 0.717) is 24.5 Å². The molecule has 2 rings (SSSR count). The van der Waals surface area contributed by atoms with E-state index in [4.69, 9.17) is 26.2 Å². The molecule has 1 unspecified atom stereocenters. The molecular formula is C12H15ClN2O5S. The Labute approximate surface area is 127 Å². The van der Waals surface area contributed by atoms with Crippen molar-refractivity contribution in [2.75, 3.05) is 25.1 Å². The summed E-state index contributed by atoms with van der Waals surface area (Å²) in [7, 11) is -3.86. The van der Waals surface area contributed by atoms with Crippen LogP contribution >= 0.6 is 11.6 Å². The van der Waals surface area contributed by atoms with Gasteiger partial charge in [-0.05, 0) is 24.6 Å². The Hall–Kier alpha value is -1.19. The van der Waals surface area contributed by atoms with E-state index >= 15 is 0 Å². The van der Waals surface area contributed by atoms with E-state index < -0.39 is 22.0 Å². The maximum Gasteiger partial charge on any atom is 0.255 e. The van der Waals surface area contributed by atoms with E-state index in [1.165, 1.54) is 12.1 Å². The van der Waals surface area contributed by atoms with Gasteiger partial charge in [0.1, 0.15) is 0 Å². The normalized spacial score (nSPS) is 19.3. The molecule has 0 bridgehead atoms. The number of rotatable bonds is 3. The lowest BCUT2D eigenvalue weighted by molar-refractivity contribution is -0.142. The van der Waals surface area contributed by atoms with Crippen LogP contribution in [-0.2, 0) is 24.3 Å². The summed E-state index contributed by atoms with van der Waals surface area (Å²) in [5.41, 5.74) is 0.805. The van der Waals surface area contributed by atoms with Crippen LogP contribution in [0.3, 0.4) is 0 Å². The fourth-order valence-corrected chi connectivity index (χ4v) is 2.88. The first-order valence-corrected chi connectivity index (χ1v) is 8.04. The van der Waals surface area contributed by atoms with Crippen molar-refractivity contribution in [1.29, 1.82) is 0 Å². The minimum absolute atomic E-state index is 0.0871. The molecule has 1 saturated heterocycles. The molecule has 0 spiro atoms. The Bertz CT molecular complexity index is 633. The first-order chi connectivity index (χ1) is 9.79. The Morgan fingerprint density at radius 2 is 2.14 bits per heavy atom. The Balaban J connectivity index is 2.22. The molecule has 116 valence electrons. The Morgan fingerprint density at radius 3 is 2.67 bits per heavy atom. The highest BCUT2D eigenvalue weighted by molar-refractivity contribution is 7.89. The predicted octanol–water partition coefficient (Wildman–Crippen LogP) is 0.650. The van der Waals surface area contributed by atoms with Crippen LogP contribution in [0.15, 0.2) is 17.0 Å². The molecule has 1 fully saturated rings. The highest BCUT2D eigenvalue weighted by Crippen LogP contribution is 2.29. The molecule has 1 aromatic carbocycles. The van der Waals surface area contributed by atoms with Gasteiger partial charge in [-0.25, -0.2) is 13.6 Å². The Morgan fingerprint density at radius 1 is 1.43 bits per heavy atom. The van der Waals surface area contributed by atoms with Crippen LogP contribution in [0.5, 0.6) is 0 Å². The zero-order valence-corrected chi connectivity index (χ0v) is 12.8. The molecule has 0 saturated carbocycles. The van der Waals surface area contributed by atoms with Gasteiger partial charge in [-0.3, -0.25) is 4.79 Å². The van der Waals surface area contributed by atoms with Gasteiger partial charge in [-0.1, -0.05) is 11.6 Å². The van der Waals surface area contributed by atoms with Crippen LogP contribution in [-0.4, -0.2) is 40.2 Å². The lowest BCUT2D eigenvalue weighted by atomic mass is 10.2. The van der Waals surface area contributed by atoms with Crippen LogP contribution in [0.4, 0.5) is 5.69 Å². The molecule has 1 aliphatic rings. The number of halogens is 1. The first kappa shape index (κ1) is 16.2. The number of hydrogen-bond acceptors (Lipinski definition) is 5. The number of primary sulfonamides is 1. The summed E-state index contributed by atoms with van der Waals surface area (Å²) in [6, 6.07) is 2.53. The summed E-state index contributed by atoms with van der Waals surface area (Å²) in [5.74, 6) is -0.400. The maximum absolute atomic E-state index is 12.0. The third-order valence-corrected chi connectivity index (χ3v) is 4.14. The van der Waals surface area contributed by atoms with Gasteiger partial charge in [0, 0.05) is 0 Å². The van der Waals surface area contributed by atoms with Crippen LogP contribution in [0.25, 0.3) is 0 Å². The molecule has 1 atom stereocenters. The standard InChI is InChI=1S/C12H15ClN2O5S/c1-7-4-8(21(14,17)18)5-9(13)11(7)15-12(16)10-6-19-2-3-20-10/h4-5,10H,2-3,6H2,1H3,(H,15,16)(H2,14,17,18). The monoisotopic (exact) mass is 334 g/mol. The van der Waals surface area contributed by atoms with Crippen molar-refractivity contribution in [3.8, 4) is 0 Å². The molecule has 1 aromatic rings. The molecule has 0 aromatic heterocycles. The quantitative estimate of drug-likeness (QED) is 0.843. The summed E-state index contributed by atoms with van der Waals surface area (Å²) in [6.07, 6.45) is -0.716. The van der Waals surface area contributed by atoms with E-state index in [9.17, 15) is 13.2 Å². The van der Waals surface area contributed by atoms with E-state index in [0.717, 1.165) is 0 Å². The van der Waals surface area contributed by atoms with Crippen molar-refractivity contribution >= 4 is 33.2 Å². The number of aryl methyl sites for hydroxylation is 1. The summed E-state index contributed by atoms with van der Waals surface area (Å²) in [6.45, 7) is 2.58. The maximum atomic E-state index is 12.0. The smallest absolute Gasteiger partial charge is 0.255 e. The van der Waals surface area contributed by atoms with Gasteiger partial charge >= 0.3 is 0 Å². The van der Waals surface area contributed by atoms with Gasteiger partial charge < -0.3 is 14.8 Å². The number of sulfonamides is 1. The van der Waals surface area contributed by atoms with Crippen molar-refractivity contribution in [2.24, 2.45) is 5.14 Å². The number of ether oxygens (including phenoxy) is 2. The third kappa shape index (κ3) is 3.92. The Kier molecular flexibility index (Phi) is 4.84. The van der Waals surface area contributed by atoms with E-state index in [1.54, 1.807) is 6.92 Å². The van der Waals surface area contributed by atoms with Gasteiger partial charge in [-0.2, -0.15) is 0 Å². The van der Waals surface area contributed by atoms with Crippen molar-refractivity contribution in [3.05, 3.63) is 22.7 Å². The number of amides is 1. The minimum atomic E-state index is -3.86. The van der Waals surface area contributed by atoms with Crippen molar-refractivity contribution in [1.82, 2.24) is 0 Å². The fourth-order valence-electron chi connectivity index (χ4n) is 1.88. The second-order valence-corrected chi connectivity index (χ2v) is 6.53. The third-order valence-electron chi connectivity index (χ3n) is 2.95. The molecule has 9 heteroatoms. The predicted molar refractivity (Wildman–Crippen MR) is 76.8 cm³/mol. The lowest BCUT2D eigenvalue weighted by Gasteiger charge is -2.22. The average Bonchev–Trinajstić information content (AvgIpc) is 2.42. The number of nitrogens with two attached hydrogens (primary N) is 1. The lowest BCUT2D eigenvalue weighted by Crippen LogP contribution is -2.39. The summed E-state index contributed by atoms with van der Waals surface area (Å²) < 4.78 is 33.1. The number of carbonyl (C=O) groups excluding carboxylic acids is 1. The van der Waals surface area contributed by atoms with E-state index in [-0.39, 0.29) is 16.5 Å². The SMILES string of the molecule is Cc1cc(S(N)(=O)=O)cc(Cl)c1NC(=O)C1COCCO1. The van der Waals surface area contributed by atoms with E-state index in [1.807, 2.05) is 0 Å². The second kappa shape index (κ2) is 6.29. The van der Waals surface area contributed by atoms with E-state index in [2.05, 4.69) is 5.32 Å². The second-order valence-electron chi connectivity index (χ2n) is 4.57. The number of nitrogens with one attached hydrogen (secondary N) is 1. The molecule has 21 heavy (non-hydrogen) atoms. The van der Waals surface area contributed by atoms with Gasteiger partial charge in [0.25, 0.3) is 5.91 Å². The molecule has 7 nitrogen and oxygen atoms in total. The van der Waals surface area contributed by atoms with Gasteiger partial charge in [0.2, 0.25) is 10.0 Å². The number of benzene rings is 1.